The fourth-order valence-corrected chi connectivity index (χ4v) is 20.2. The molecule has 0 fully saturated rings. The van der Waals surface area contributed by atoms with E-state index in [0.29, 0.717) is 0 Å². The molecule has 426 valence electrons. The number of hydrogen-bond acceptors (Lipinski definition) is 3. The van der Waals surface area contributed by atoms with Gasteiger partial charge in [0, 0.05) is 81.7 Å². The summed E-state index contributed by atoms with van der Waals surface area (Å²) in [5, 5.41) is 19.1. The van der Waals surface area contributed by atoms with Crippen molar-refractivity contribution in [3.8, 4) is 17.1 Å². The highest BCUT2D eigenvalue weighted by Gasteiger charge is 2.46. The fraction of sp³-hybridized carbons (Fsp3) is 0. The van der Waals surface area contributed by atoms with Gasteiger partial charge in [-0.15, -0.1) is 0 Å². The highest BCUT2D eigenvalue weighted by Crippen LogP contribution is 2.40. The monoisotopic (exact) mass is 1180 g/mol. The zero-order valence-electron chi connectivity index (χ0n) is 49.2. The summed E-state index contributed by atoms with van der Waals surface area (Å²) in [6.45, 7) is 0. The minimum atomic E-state index is -3.23. The molecule has 0 unspecified atom stereocenters. The van der Waals surface area contributed by atoms with Gasteiger partial charge in [0.1, 0.15) is 33.5 Å². The molecule has 0 saturated heterocycles. The fourth-order valence-electron chi connectivity index (χ4n) is 15.2. The first-order valence-corrected chi connectivity index (χ1v) is 33.1. The van der Waals surface area contributed by atoms with E-state index in [0.717, 1.165) is 82.9 Å². The molecule has 0 saturated carbocycles. The van der Waals surface area contributed by atoms with Crippen LogP contribution >= 0.6 is 0 Å². The molecule has 6 aromatic heterocycles. The molecular formula is C84H53N3O3Si. The van der Waals surface area contributed by atoms with E-state index in [-0.39, 0.29) is 0 Å². The number of hydrogen-bond donors (Lipinski definition) is 0. The number of fused-ring (bicyclic) bond motifs is 18. The molecule has 0 aliphatic rings. The van der Waals surface area contributed by atoms with Crippen LogP contribution in [0.4, 0.5) is 0 Å². The van der Waals surface area contributed by atoms with E-state index >= 15 is 0 Å². The Morgan fingerprint density at radius 2 is 0.473 bits per heavy atom. The normalized spacial score (nSPS) is 12.2. The highest BCUT2D eigenvalue weighted by molar-refractivity contribution is 7.21. The molecular weight excluding hydrogens is 1130 g/mol. The Labute approximate surface area is 522 Å². The summed E-state index contributed by atoms with van der Waals surface area (Å²) in [7, 11) is -3.23. The van der Waals surface area contributed by atoms with Crippen molar-refractivity contribution in [3.05, 3.63) is 322 Å². The molecule has 0 bridgehead atoms. The summed E-state index contributed by atoms with van der Waals surface area (Å²) in [5.74, 6) is 0. The van der Waals surface area contributed by atoms with Gasteiger partial charge in [0.15, 0.2) is 8.07 Å². The van der Waals surface area contributed by atoms with Crippen molar-refractivity contribution in [3.63, 3.8) is 0 Å². The lowest BCUT2D eigenvalue weighted by Gasteiger charge is -2.34. The van der Waals surface area contributed by atoms with Crippen molar-refractivity contribution in [2.45, 2.75) is 0 Å². The third kappa shape index (κ3) is 7.59. The molecule has 0 radical (unpaired) electrons. The van der Waals surface area contributed by atoms with Crippen LogP contribution < -0.4 is 20.7 Å². The van der Waals surface area contributed by atoms with Crippen molar-refractivity contribution in [1.82, 2.24) is 13.7 Å². The Morgan fingerprint density at radius 3 is 0.835 bits per heavy atom. The van der Waals surface area contributed by atoms with E-state index in [4.69, 9.17) is 13.3 Å². The second-order valence-electron chi connectivity index (χ2n) is 23.8. The molecule has 91 heavy (non-hydrogen) atoms. The molecule has 6 nitrogen and oxygen atoms in total. The van der Waals surface area contributed by atoms with Crippen molar-refractivity contribution in [2.24, 2.45) is 0 Å². The van der Waals surface area contributed by atoms with Gasteiger partial charge in [0.05, 0.1) is 33.1 Å². The lowest BCUT2D eigenvalue weighted by atomic mass is 10.1. The van der Waals surface area contributed by atoms with E-state index in [9.17, 15) is 0 Å². The van der Waals surface area contributed by atoms with Crippen LogP contribution in [-0.4, -0.2) is 21.8 Å². The maximum atomic E-state index is 7.19. The van der Waals surface area contributed by atoms with Crippen LogP contribution in [0.1, 0.15) is 0 Å². The standard InChI is InChI=1S/C60H38N2O2Si.C24H15NO/c1-3-17-41(18-4-1)65(42-19-5-2-6-20-42,57-31-15-25-47-49-37-39(33-35-55(49)63-59(47)57)61-51-27-11-7-21-43(51)44-22-8-12-28-52(44)61)58-32-16-26-48-50-38-40(34-36-56(50)64-60(48)58)62-53-29-13-9-23-45(53)46-24-10-14-30-54(46)62;1-4-10-21-17(7-1)18-8-2-5-11-22(18)25(21)16-13-14-24-20(15-16)19-9-3-6-12-23(19)26-24/h1-38H;1-15H. The summed E-state index contributed by atoms with van der Waals surface area (Å²) in [5.41, 5.74) is 15.9. The third-order valence-electron chi connectivity index (χ3n) is 19.1. The molecule has 6 heterocycles. The summed E-state index contributed by atoms with van der Waals surface area (Å²) < 4.78 is 27.5. The summed E-state index contributed by atoms with van der Waals surface area (Å²) in [6, 6.07) is 116. The lowest BCUT2D eigenvalue weighted by Crippen LogP contribution is -2.75. The van der Waals surface area contributed by atoms with Crippen LogP contribution in [-0.2, 0) is 0 Å². The highest BCUT2D eigenvalue weighted by atomic mass is 28.3. The lowest BCUT2D eigenvalue weighted by molar-refractivity contribution is 0.668. The number of rotatable bonds is 7. The average Bonchev–Trinajstić information content (AvgIpc) is 1.71. The maximum absolute atomic E-state index is 7.19. The van der Waals surface area contributed by atoms with Gasteiger partial charge in [0.25, 0.3) is 0 Å². The minimum Gasteiger partial charge on any atom is -0.456 e. The minimum absolute atomic E-state index is 0.862. The van der Waals surface area contributed by atoms with Gasteiger partial charge >= 0.3 is 0 Å². The van der Waals surface area contributed by atoms with E-state index in [1.165, 1.54) is 86.2 Å². The zero-order chi connectivity index (χ0) is 59.7. The average molecular weight is 1180 g/mol. The second kappa shape index (κ2) is 20.1. The molecule has 0 spiro atoms. The quantitative estimate of drug-likeness (QED) is 0.118. The van der Waals surface area contributed by atoms with Gasteiger partial charge in [-0.1, -0.05) is 224 Å². The Bertz CT molecular complexity index is 5860. The Kier molecular flexibility index (Phi) is 11.3. The predicted octanol–water partition coefficient (Wildman–Crippen LogP) is 19.7. The Hall–Kier alpha value is -11.9. The molecule has 20 rings (SSSR count). The molecule has 0 aliphatic heterocycles. The number of para-hydroxylation sites is 9. The summed E-state index contributed by atoms with van der Waals surface area (Å²) >= 11 is 0. The van der Waals surface area contributed by atoms with Gasteiger partial charge in [-0.3, -0.25) is 0 Å². The molecule has 7 heteroatoms. The second-order valence-corrected chi connectivity index (χ2v) is 27.5. The summed E-state index contributed by atoms with van der Waals surface area (Å²) in [4.78, 5) is 0. The molecule has 20 aromatic rings. The van der Waals surface area contributed by atoms with Gasteiger partial charge in [-0.2, -0.15) is 0 Å². The molecule has 0 N–H and O–H groups in total. The van der Waals surface area contributed by atoms with Crippen molar-refractivity contribution >= 4 is 160 Å². The van der Waals surface area contributed by atoms with Gasteiger partial charge in [-0.25, -0.2) is 0 Å². The van der Waals surface area contributed by atoms with Crippen LogP contribution in [0.15, 0.2) is 335 Å². The SMILES string of the molecule is c1ccc([Si](c2ccccc2)(c2cccc3c2oc2ccc(-n4c5ccccc5c5ccccc54)cc23)c2cccc3c2oc2ccc(-n4c5ccccc5c5ccccc54)cc23)cc1.c1ccc2c(c1)oc1ccc(-n3c4ccccc4c4ccccc43)cc12. The first kappa shape index (κ1) is 51.2. The van der Waals surface area contributed by atoms with Crippen LogP contribution in [0.3, 0.4) is 0 Å². The van der Waals surface area contributed by atoms with Crippen molar-refractivity contribution < 1.29 is 13.3 Å². The van der Waals surface area contributed by atoms with E-state index in [2.05, 4.69) is 323 Å². The summed E-state index contributed by atoms with van der Waals surface area (Å²) in [6.07, 6.45) is 0. The van der Waals surface area contributed by atoms with Crippen molar-refractivity contribution in [1.29, 1.82) is 0 Å². The Morgan fingerprint density at radius 1 is 0.198 bits per heavy atom. The van der Waals surface area contributed by atoms with E-state index in [1.54, 1.807) is 0 Å². The predicted molar refractivity (Wildman–Crippen MR) is 381 cm³/mol. The number of benzene rings is 14. The largest absolute Gasteiger partial charge is 0.456 e. The van der Waals surface area contributed by atoms with Gasteiger partial charge < -0.3 is 27.0 Å². The number of nitrogens with zero attached hydrogens (tertiary/aromatic N) is 3. The number of aromatic nitrogens is 3. The smallest absolute Gasteiger partial charge is 0.188 e. The number of furan rings is 3. The molecule has 0 aliphatic carbocycles. The molecule has 0 atom stereocenters. The Balaban J connectivity index is 0.000000189. The van der Waals surface area contributed by atoms with E-state index < -0.39 is 8.07 Å². The van der Waals surface area contributed by atoms with E-state index in [1.807, 2.05) is 12.1 Å². The van der Waals surface area contributed by atoms with Crippen molar-refractivity contribution in [2.75, 3.05) is 0 Å². The topological polar surface area (TPSA) is 54.2 Å². The van der Waals surface area contributed by atoms with Gasteiger partial charge in [-0.05, 0) is 118 Å². The molecule has 0 amide bonds. The third-order valence-corrected chi connectivity index (χ3v) is 23.9. The van der Waals surface area contributed by atoms with Crippen LogP contribution in [0, 0.1) is 0 Å². The molecule has 14 aromatic carbocycles. The first-order valence-electron chi connectivity index (χ1n) is 31.1. The maximum Gasteiger partial charge on any atom is 0.188 e. The zero-order valence-corrected chi connectivity index (χ0v) is 50.2. The van der Waals surface area contributed by atoms with Crippen LogP contribution in [0.5, 0.6) is 0 Å². The van der Waals surface area contributed by atoms with Crippen LogP contribution in [0.2, 0.25) is 0 Å². The first-order chi connectivity index (χ1) is 45.2. The van der Waals surface area contributed by atoms with Crippen LogP contribution in [0.25, 0.3) is 148 Å². The van der Waals surface area contributed by atoms with Gasteiger partial charge in [0.2, 0.25) is 0 Å².